The summed E-state index contributed by atoms with van der Waals surface area (Å²) in [4.78, 5) is 13.9. The molecular weight excluding hydrogens is 283 g/mol. The van der Waals surface area contributed by atoms with Crippen LogP contribution in [0, 0.1) is 0 Å². The number of halogens is 2. The summed E-state index contributed by atoms with van der Waals surface area (Å²) in [5.41, 5.74) is 6.96. The summed E-state index contributed by atoms with van der Waals surface area (Å²) < 4.78 is 0. The topological polar surface area (TPSA) is 46.3 Å². The van der Waals surface area contributed by atoms with Gasteiger partial charge in [-0.2, -0.15) is 0 Å². The van der Waals surface area contributed by atoms with Crippen LogP contribution in [-0.2, 0) is 4.79 Å². The molecule has 0 aromatic heterocycles. The van der Waals surface area contributed by atoms with E-state index in [2.05, 4.69) is 6.92 Å². The van der Waals surface area contributed by atoms with Gasteiger partial charge in [0.15, 0.2) is 0 Å². The van der Waals surface area contributed by atoms with E-state index in [0.717, 1.165) is 25.7 Å². The maximum Gasteiger partial charge on any atom is 0.227 e. The fourth-order valence-corrected chi connectivity index (χ4v) is 3.00. The highest BCUT2D eigenvalue weighted by Crippen LogP contribution is 2.38. The molecule has 1 aromatic rings. The van der Waals surface area contributed by atoms with Gasteiger partial charge in [-0.1, -0.05) is 43.0 Å². The molecule has 1 aliphatic heterocycles. The fraction of sp³-hybridized carbons (Fsp3) is 0.500. The van der Waals surface area contributed by atoms with Gasteiger partial charge in [0.05, 0.1) is 21.4 Å². The lowest BCUT2D eigenvalue weighted by molar-refractivity contribution is -0.117. The van der Waals surface area contributed by atoms with Crippen LogP contribution in [0.5, 0.6) is 0 Å². The van der Waals surface area contributed by atoms with Gasteiger partial charge in [0.25, 0.3) is 0 Å². The molecule has 2 N–H and O–H groups in total. The minimum absolute atomic E-state index is 0.115. The quantitative estimate of drug-likeness (QED) is 0.845. The van der Waals surface area contributed by atoms with Gasteiger partial charge in [0.1, 0.15) is 0 Å². The molecule has 0 spiro atoms. The average Bonchev–Trinajstić information content (AvgIpc) is 2.73. The number of benzene rings is 1. The van der Waals surface area contributed by atoms with Gasteiger partial charge in [-0.15, -0.1) is 0 Å². The molecule has 0 aliphatic carbocycles. The second-order valence-corrected chi connectivity index (χ2v) is 5.74. The van der Waals surface area contributed by atoms with Crippen molar-refractivity contribution >= 4 is 40.5 Å². The van der Waals surface area contributed by atoms with Crippen molar-refractivity contribution in [1.29, 1.82) is 0 Å². The number of nitrogens with two attached hydrogens (primary N) is 1. The Bertz CT molecular complexity index is 491. The van der Waals surface area contributed by atoms with Crippen molar-refractivity contribution < 1.29 is 4.79 Å². The molecule has 1 aromatic carbocycles. The van der Waals surface area contributed by atoms with Crippen LogP contribution in [0.3, 0.4) is 0 Å². The van der Waals surface area contributed by atoms with Crippen molar-refractivity contribution in [3.05, 3.63) is 22.2 Å². The second kappa shape index (κ2) is 6.02. The van der Waals surface area contributed by atoms with E-state index in [1.54, 1.807) is 17.0 Å². The van der Waals surface area contributed by atoms with Crippen molar-refractivity contribution in [2.75, 3.05) is 10.6 Å². The first kappa shape index (κ1) is 14.5. The van der Waals surface area contributed by atoms with Crippen LogP contribution in [0.15, 0.2) is 12.1 Å². The maximum absolute atomic E-state index is 12.1. The Morgan fingerprint density at radius 1 is 1.37 bits per heavy atom. The summed E-state index contributed by atoms with van der Waals surface area (Å²) in [6, 6.07) is 3.54. The smallest absolute Gasteiger partial charge is 0.227 e. The van der Waals surface area contributed by atoms with Crippen molar-refractivity contribution in [1.82, 2.24) is 0 Å². The number of carbonyl (C=O) groups is 1. The first-order chi connectivity index (χ1) is 9.04. The highest BCUT2D eigenvalue weighted by molar-refractivity contribution is 6.38. The van der Waals surface area contributed by atoms with E-state index in [1.165, 1.54) is 0 Å². The molecule has 5 heteroatoms. The van der Waals surface area contributed by atoms with E-state index < -0.39 is 0 Å². The molecule has 0 radical (unpaired) electrons. The van der Waals surface area contributed by atoms with Gasteiger partial charge in [0.2, 0.25) is 5.91 Å². The number of nitrogen functional groups attached to an aromatic ring is 1. The highest BCUT2D eigenvalue weighted by Gasteiger charge is 2.33. The Labute approximate surface area is 123 Å². The predicted molar refractivity (Wildman–Crippen MR) is 80.9 cm³/mol. The molecule has 19 heavy (non-hydrogen) atoms. The predicted octanol–water partition coefficient (Wildman–Crippen LogP) is 4.26. The van der Waals surface area contributed by atoms with Crippen LogP contribution in [0.1, 0.15) is 39.0 Å². The van der Waals surface area contributed by atoms with Gasteiger partial charge >= 0.3 is 0 Å². The lowest BCUT2D eigenvalue weighted by atomic mass is 10.1. The molecule has 1 saturated heterocycles. The minimum Gasteiger partial charge on any atom is -0.397 e. The van der Waals surface area contributed by atoms with Crippen molar-refractivity contribution in [3.63, 3.8) is 0 Å². The molecule has 1 heterocycles. The van der Waals surface area contributed by atoms with Crippen LogP contribution >= 0.6 is 23.2 Å². The summed E-state index contributed by atoms with van der Waals surface area (Å²) in [5.74, 6) is 0.115. The number of carbonyl (C=O) groups excluding carboxylic acids is 1. The van der Waals surface area contributed by atoms with Crippen LogP contribution in [0.25, 0.3) is 0 Å². The van der Waals surface area contributed by atoms with E-state index in [-0.39, 0.29) is 11.9 Å². The first-order valence-corrected chi connectivity index (χ1v) is 7.36. The third-order valence-corrected chi connectivity index (χ3v) is 4.17. The number of hydrogen-bond donors (Lipinski definition) is 1. The number of hydrogen-bond acceptors (Lipinski definition) is 2. The molecule has 1 unspecified atom stereocenters. The van der Waals surface area contributed by atoms with Crippen molar-refractivity contribution in [3.8, 4) is 0 Å². The molecule has 1 amide bonds. The number of amides is 1. The van der Waals surface area contributed by atoms with E-state index >= 15 is 0 Å². The number of nitrogens with zero attached hydrogens (tertiary/aromatic N) is 1. The molecule has 3 nitrogen and oxygen atoms in total. The van der Waals surface area contributed by atoms with Crippen molar-refractivity contribution in [2.45, 2.75) is 45.1 Å². The highest BCUT2D eigenvalue weighted by atomic mass is 35.5. The van der Waals surface area contributed by atoms with Gasteiger partial charge < -0.3 is 10.6 Å². The molecule has 1 aliphatic rings. The Morgan fingerprint density at radius 2 is 2.11 bits per heavy atom. The average molecular weight is 301 g/mol. The van der Waals surface area contributed by atoms with Crippen LogP contribution in [0.4, 0.5) is 11.4 Å². The SMILES string of the molecule is CCCCC1CCC(=O)N1c1cc(N)c(Cl)cc1Cl. The van der Waals surface area contributed by atoms with Crippen LogP contribution in [-0.4, -0.2) is 11.9 Å². The number of unbranched alkanes of at least 4 members (excludes halogenated alkanes) is 1. The minimum atomic E-state index is 0.115. The molecule has 2 rings (SSSR count). The summed E-state index contributed by atoms with van der Waals surface area (Å²) in [5, 5.41) is 0.904. The van der Waals surface area contributed by atoms with E-state index in [0.29, 0.717) is 27.8 Å². The third kappa shape index (κ3) is 2.98. The Morgan fingerprint density at radius 3 is 2.79 bits per heavy atom. The zero-order valence-electron chi connectivity index (χ0n) is 11.0. The normalized spacial score (nSPS) is 19.2. The second-order valence-electron chi connectivity index (χ2n) is 4.92. The van der Waals surface area contributed by atoms with Gasteiger partial charge in [-0.3, -0.25) is 4.79 Å². The summed E-state index contributed by atoms with van der Waals surface area (Å²) >= 11 is 12.1. The molecule has 104 valence electrons. The Kier molecular flexibility index (Phi) is 4.58. The Balaban J connectivity index is 2.32. The first-order valence-electron chi connectivity index (χ1n) is 6.61. The zero-order chi connectivity index (χ0) is 14.0. The van der Waals surface area contributed by atoms with E-state index in [1.807, 2.05) is 0 Å². The lowest BCUT2D eigenvalue weighted by Gasteiger charge is -2.26. The number of anilines is 2. The third-order valence-electron chi connectivity index (χ3n) is 3.54. The largest absolute Gasteiger partial charge is 0.397 e. The summed E-state index contributed by atoms with van der Waals surface area (Å²) in [7, 11) is 0. The Hall–Kier alpha value is -0.930. The van der Waals surface area contributed by atoms with Crippen LogP contribution < -0.4 is 10.6 Å². The molecular formula is C14H18Cl2N2O. The van der Waals surface area contributed by atoms with Crippen molar-refractivity contribution in [2.24, 2.45) is 0 Å². The molecule has 0 bridgehead atoms. The van der Waals surface area contributed by atoms with Gasteiger partial charge in [-0.25, -0.2) is 0 Å². The number of rotatable bonds is 4. The molecule has 1 fully saturated rings. The van der Waals surface area contributed by atoms with Gasteiger partial charge in [0, 0.05) is 12.5 Å². The lowest BCUT2D eigenvalue weighted by Crippen LogP contribution is -2.33. The fourth-order valence-electron chi connectivity index (χ4n) is 2.53. The monoisotopic (exact) mass is 300 g/mol. The summed E-state index contributed by atoms with van der Waals surface area (Å²) in [6.07, 6.45) is 4.69. The van der Waals surface area contributed by atoms with E-state index in [9.17, 15) is 4.79 Å². The zero-order valence-corrected chi connectivity index (χ0v) is 12.5. The molecule has 1 atom stereocenters. The molecule has 0 saturated carbocycles. The maximum atomic E-state index is 12.1. The standard InChI is InChI=1S/C14H18Cl2N2O/c1-2-3-4-9-5-6-14(19)18(9)13-8-12(17)10(15)7-11(13)16/h7-9H,2-6,17H2,1H3. The van der Waals surface area contributed by atoms with Crippen LogP contribution in [0.2, 0.25) is 10.0 Å². The van der Waals surface area contributed by atoms with Gasteiger partial charge in [-0.05, 0) is 25.0 Å². The van der Waals surface area contributed by atoms with E-state index in [4.69, 9.17) is 28.9 Å². The summed E-state index contributed by atoms with van der Waals surface area (Å²) in [6.45, 7) is 2.15.